The van der Waals surface area contributed by atoms with Crippen molar-refractivity contribution in [2.24, 2.45) is 5.73 Å². The Balaban J connectivity index is 0. The molecule has 0 aliphatic carbocycles. The maximum atomic E-state index is 12.6. The van der Waals surface area contributed by atoms with E-state index in [1.165, 1.54) is 0 Å². The molecule has 1 rings (SSSR count). The van der Waals surface area contributed by atoms with E-state index in [-0.39, 0.29) is 36.6 Å². The molecule has 0 saturated carbocycles. The molecule has 1 aromatic rings. The average Bonchev–Trinajstić information content (AvgIpc) is 2.08. The van der Waals surface area contributed by atoms with Gasteiger partial charge in [-0.15, -0.1) is 24.8 Å². The molecule has 0 radical (unpaired) electrons. The first-order chi connectivity index (χ1) is 5.65. The van der Waals surface area contributed by atoms with Crippen LogP contribution in [-0.4, -0.2) is 16.7 Å². The SMILES string of the molecule is Cl.Cl.N[C@H](CO)c1cc(F)cnc1Cl. The summed E-state index contributed by atoms with van der Waals surface area (Å²) in [5.41, 5.74) is 5.74. The lowest BCUT2D eigenvalue weighted by Gasteiger charge is -2.08. The monoisotopic (exact) mass is 262 g/mol. The van der Waals surface area contributed by atoms with Gasteiger partial charge in [0.2, 0.25) is 0 Å². The maximum Gasteiger partial charge on any atom is 0.141 e. The van der Waals surface area contributed by atoms with E-state index < -0.39 is 11.9 Å². The van der Waals surface area contributed by atoms with Gasteiger partial charge in [0.05, 0.1) is 18.8 Å². The number of aliphatic hydroxyl groups excluding tert-OH is 1. The van der Waals surface area contributed by atoms with Crippen LogP contribution in [0.2, 0.25) is 5.15 Å². The van der Waals surface area contributed by atoms with E-state index in [9.17, 15) is 4.39 Å². The lowest BCUT2D eigenvalue weighted by Crippen LogP contribution is -2.15. The molecule has 0 saturated heterocycles. The minimum atomic E-state index is -0.680. The molecule has 0 aliphatic rings. The molecule has 7 heteroatoms. The van der Waals surface area contributed by atoms with Gasteiger partial charge in [0, 0.05) is 5.56 Å². The first-order valence-electron chi connectivity index (χ1n) is 3.32. The molecule has 1 heterocycles. The molecule has 1 aromatic heterocycles. The van der Waals surface area contributed by atoms with Crippen molar-refractivity contribution in [3.63, 3.8) is 0 Å². The number of nitrogens with two attached hydrogens (primary N) is 1. The zero-order valence-corrected chi connectivity index (χ0v) is 9.37. The van der Waals surface area contributed by atoms with E-state index in [1.54, 1.807) is 0 Å². The van der Waals surface area contributed by atoms with E-state index >= 15 is 0 Å². The number of aromatic nitrogens is 1. The van der Waals surface area contributed by atoms with E-state index in [4.69, 9.17) is 22.4 Å². The van der Waals surface area contributed by atoms with Crippen molar-refractivity contribution >= 4 is 36.4 Å². The standard InChI is InChI=1S/C7H8ClFN2O.2ClH/c8-7-5(6(10)3-12)1-4(9)2-11-7;;/h1-2,6,12H,3,10H2;2*1H/t6-;;/m1../s1. The van der Waals surface area contributed by atoms with Crippen molar-refractivity contribution in [1.29, 1.82) is 0 Å². The molecule has 0 aliphatic heterocycles. The first kappa shape index (κ1) is 16.3. The van der Waals surface area contributed by atoms with Crippen molar-refractivity contribution < 1.29 is 9.50 Å². The predicted octanol–water partition coefficient (Wildman–Crippen LogP) is 1.71. The summed E-state index contributed by atoms with van der Waals surface area (Å²) in [6, 6.07) is 0.483. The summed E-state index contributed by atoms with van der Waals surface area (Å²) in [5, 5.41) is 8.79. The van der Waals surface area contributed by atoms with Crippen molar-refractivity contribution in [2.75, 3.05) is 6.61 Å². The predicted molar refractivity (Wildman–Crippen MR) is 57.7 cm³/mol. The van der Waals surface area contributed by atoms with Gasteiger partial charge < -0.3 is 10.8 Å². The molecule has 0 bridgehead atoms. The molecule has 82 valence electrons. The summed E-state index contributed by atoms with van der Waals surface area (Å²) >= 11 is 5.60. The van der Waals surface area contributed by atoms with Crippen LogP contribution in [0.25, 0.3) is 0 Å². The van der Waals surface area contributed by atoms with Gasteiger partial charge in [-0.1, -0.05) is 11.6 Å². The first-order valence-corrected chi connectivity index (χ1v) is 3.70. The summed E-state index contributed by atoms with van der Waals surface area (Å²) in [5.74, 6) is -0.515. The van der Waals surface area contributed by atoms with Gasteiger partial charge in [-0.3, -0.25) is 0 Å². The van der Waals surface area contributed by atoms with Crippen LogP contribution in [0.3, 0.4) is 0 Å². The second-order valence-electron chi connectivity index (χ2n) is 2.32. The van der Waals surface area contributed by atoms with Crippen molar-refractivity contribution in [2.45, 2.75) is 6.04 Å². The van der Waals surface area contributed by atoms with Crippen LogP contribution in [-0.2, 0) is 0 Å². The Labute approximate surface area is 98.3 Å². The van der Waals surface area contributed by atoms with Gasteiger partial charge in [-0.2, -0.15) is 0 Å². The van der Waals surface area contributed by atoms with Crippen molar-refractivity contribution in [1.82, 2.24) is 4.98 Å². The number of halogens is 4. The van der Waals surface area contributed by atoms with Crippen LogP contribution in [0, 0.1) is 5.82 Å². The number of pyridine rings is 1. The quantitative estimate of drug-likeness (QED) is 0.799. The van der Waals surface area contributed by atoms with Gasteiger partial charge >= 0.3 is 0 Å². The minimum absolute atomic E-state index is 0. The molecule has 3 nitrogen and oxygen atoms in total. The molecule has 0 spiro atoms. The number of aliphatic hydroxyl groups is 1. The molecule has 0 fully saturated rings. The smallest absolute Gasteiger partial charge is 0.141 e. The maximum absolute atomic E-state index is 12.6. The Morgan fingerprint density at radius 2 is 2.14 bits per heavy atom. The highest BCUT2D eigenvalue weighted by molar-refractivity contribution is 6.30. The third-order valence-electron chi connectivity index (χ3n) is 1.43. The van der Waals surface area contributed by atoms with Gasteiger partial charge in [0.1, 0.15) is 11.0 Å². The van der Waals surface area contributed by atoms with E-state index in [1.807, 2.05) is 0 Å². The molecule has 1 atom stereocenters. The number of hydrogen-bond acceptors (Lipinski definition) is 3. The third-order valence-corrected chi connectivity index (χ3v) is 1.74. The second kappa shape index (κ2) is 7.20. The average molecular weight is 264 g/mol. The van der Waals surface area contributed by atoms with Gasteiger partial charge in [0.25, 0.3) is 0 Å². The van der Waals surface area contributed by atoms with Crippen LogP contribution >= 0.6 is 36.4 Å². The fourth-order valence-corrected chi connectivity index (χ4v) is 1.04. The van der Waals surface area contributed by atoms with Crippen molar-refractivity contribution in [3.8, 4) is 0 Å². The highest BCUT2D eigenvalue weighted by Crippen LogP contribution is 2.19. The normalized spacial score (nSPS) is 11.1. The molecular weight excluding hydrogens is 253 g/mol. The van der Waals surface area contributed by atoms with Crippen LogP contribution in [0.1, 0.15) is 11.6 Å². The van der Waals surface area contributed by atoms with Crippen LogP contribution < -0.4 is 5.73 Å². The van der Waals surface area contributed by atoms with Crippen LogP contribution in [0.15, 0.2) is 12.3 Å². The summed E-state index contributed by atoms with van der Waals surface area (Å²) < 4.78 is 12.6. The summed E-state index contributed by atoms with van der Waals surface area (Å²) in [7, 11) is 0. The van der Waals surface area contributed by atoms with Crippen LogP contribution in [0.5, 0.6) is 0 Å². The Hall–Kier alpha value is -0.130. The van der Waals surface area contributed by atoms with Gasteiger partial charge in [0.15, 0.2) is 0 Å². The number of hydrogen-bond donors (Lipinski definition) is 2. The molecule has 0 amide bonds. The molecule has 0 unspecified atom stereocenters. The summed E-state index contributed by atoms with van der Waals surface area (Å²) in [6.45, 7) is -0.287. The number of nitrogens with zero attached hydrogens (tertiary/aromatic N) is 1. The minimum Gasteiger partial charge on any atom is -0.394 e. The molecular formula is C7H10Cl3FN2O. The Morgan fingerprint density at radius 1 is 1.57 bits per heavy atom. The summed E-state index contributed by atoms with van der Waals surface area (Å²) in [6.07, 6.45) is 0.996. The number of rotatable bonds is 2. The Bertz CT molecular complexity index is 288. The third kappa shape index (κ3) is 3.94. The topological polar surface area (TPSA) is 59.1 Å². The highest BCUT2D eigenvalue weighted by atomic mass is 35.5. The second-order valence-corrected chi connectivity index (χ2v) is 2.68. The highest BCUT2D eigenvalue weighted by Gasteiger charge is 2.10. The summed E-state index contributed by atoms with van der Waals surface area (Å²) in [4.78, 5) is 3.55. The van der Waals surface area contributed by atoms with Gasteiger partial charge in [-0.05, 0) is 6.07 Å². The molecule has 0 aromatic carbocycles. The van der Waals surface area contributed by atoms with E-state index in [2.05, 4.69) is 4.98 Å². The lowest BCUT2D eigenvalue weighted by molar-refractivity contribution is 0.267. The van der Waals surface area contributed by atoms with Gasteiger partial charge in [-0.25, -0.2) is 9.37 Å². The van der Waals surface area contributed by atoms with E-state index in [0.717, 1.165) is 12.3 Å². The fourth-order valence-electron chi connectivity index (χ4n) is 0.797. The Morgan fingerprint density at radius 3 is 2.64 bits per heavy atom. The largest absolute Gasteiger partial charge is 0.394 e. The fraction of sp³-hybridized carbons (Fsp3) is 0.286. The Kier molecular flexibility index (Phi) is 8.39. The zero-order chi connectivity index (χ0) is 9.14. The molecule has 3 N–H and O–H groups in total. The van der Waals surface area contributed by atoms with Crippen molar-refractivity contribution in [3.05, 3.63) is 28.8 Å². The van der Waals surface area contributed by atoms with E-state index in [0.29, 0.717) is 5.56 Å². The zero-order valence-electron chi connectivity index (χ0n) is 6.98. The molecule has 14 heavy (non-hydrogen) atoms. The van der Waals surface area contributed by atoms with Crippen LogP contribution in [0.4, 0.5) is 4.39 Å². The lowest BCUT2D eigenvalue weighted by atomic mass is 10.1.